The molecule has 3 aromatic rings. The molecule has 2 nitrogen and oxygen atoms in total. The minimum absolute atomic E-state index is 0.101. The summed E-state index contributed by atoms with van der Waals surface area (Å²) < 4.78 is 15.9. The number of benzene rings is 2. The number of aromatic nitrogens is 2. The maximum absolute atomic E-state index is 13.5. The first-order valence-electron chi connectivity index (χ1n) is 6.18. The summed E-state index contributed by atoms with van der Waals surface area (Å²) >= 11 is 11.2. The van der Waals surface area contributed by atoms with Crippen LogP contribution in [0, 0.1) is 17.5 Å². The monoisotopic (exact) mass is 306 g/mol. The van der Waals surface area contributed by atoms with Gasteiger partial charge in [0.05, 0.1) is 22.6 Å². The molecule has 0 bridgehead atoms. The Balaban J connectivity index is 2.11. The van der Waals surface area contributed by atoms with Crippen molar-refractivity contribution in [1.82, 2.24) is 9.55 Å². The third kappa shape index (κ3) is 2.37. The lowest BCUT2D eigenvalue weighted by atomic mass is 10.1. The van der Waals surface area contributed by atoms with E-state index in [0.717, 1.165) is 11.1 Å². The van der Waals surface area contributed by atoms with Crippen LogP contribution < -0.4 is 0 Å². The van der Waals surface area contributed by atoms with E-state index in [1.165, 1.54) is 11.6 Å². The fourth-order valence-electron chi connectivity index (χ4n) is 2.18. The second-order valence-corrected chi connectivity index (χ2v) is 5.58. The number of nitrogens with zero attached hydrogens (tertiary/aromatic N) is 1. The Labute approximate surface area is 125 Å². The molecule has 0 saturated carbocycles. The molecule has 102 valence electrons. The lowest BCUT2D eigenvalue weighted by molar-refractivity contribution is 0.629. The zero-order valence-electron chi connectivity index (χ0n) is 10.8. The zero-order valence-corrected chi connectivity index (χ0v) is 12.4. The van der Waals surface area contributed by atoms with Crippen molar-refractivity contribution < 1.29 is 4.39 Å². The number of hydrogen-bond donors (Lipinski definition) is 1. The van der Waals surface area contributed by atoms with Gasteiger partial charge in [0.1, 0.15) is 5.82 Å². The first-order valence-corrected chi connectivity index (χ1v) is 6.96. The first-order chi connectivity index (χ1) is 9.54. The van der Waals surface area contributed by atoms with Gasteiger partial charge in [-0.1, -0.05) is 41.4 Å². The summed E-state index contributed by atoms with van der Waals surface area (Å²) in [5.41, 5.74) is 3.81. The number of nitrogens with one attached hydrogen (secondary N) is 1. The van der Waals surface area contributed by atoms with Crippen LogP contribution >= 0.6 is 23.8 Å². The topological polar surface area (TPSA) is 20.7 Å². The summed E-state index contributed by atoms with van der Waals surface area (Å²) in [4.78, 5) is 3.01. The summed E-state index contributed by atoms with van der Waals surface area (Å²) in [7, 11) is 0. The molecule has 2 aromatic carbocycles. The predicted octanol–water partition coefficient (Wildman–Crippen LogP) is 4.85. The molecular weight excluding hydrogens is 295 g/mol. The van der Waals surface area contributed by atoms with Crippen LogP contribution in [-0.4, -0.2) is 9.55 Å². The van der Waals surface area contributed by atoms with E-state index in [9.17, 15) is 4.39 Å². The number of H-pyrrole nitrogens is 1. The van der Waals surface area contributed by atoms with Crippen molar-refractivity contribution in [2.45, 2.75) is 13.5 Å². The highest BCUT2D eigenvalue weighted by Crippen LogP contribution is 2.23. The van der Waals surface area contributed by atoms with Gasteiger partial charge < -0.3 is 9.55 Å². The smallest absolute Gasteiger partial charge is 0.178 e. The number of halogens is 2. The minimum Gasteiger partial charge on any atom is -0.330 e. The van der Waals surface area contributed by atoms with Crippen LogP contribution in [0.5, 0.6) is 0 Å². The van der Waals surface area contributed by atoms with Crippen molar-refractivity contribution >= 4 is 34.9 Å². The normalized spacial score (nSPS) is 11.2. The van der Waals surface area contributed by atoms with E-state index in [2.05, 4.69) is 29.2 Å². The van der Waals surface area contributed by atoms with Gasteiger partial charge in [-0.2, -0.15) is 0 Å². The molecule has 0 fully saturated rings. The van der Waals surface area contributed by atoms with Crippen molar-refractivity contribution in [3.63, 3.8) is 0 Å². The highest BCUT2D eigenvalue weighted by Gasteiger charge is 2.09. The Hall–Kier alpha value is -1.65. The van der Waals surface area contributed by atoms with E-state index in [4.69, 9.17) is 23.8 Å². The first kappa shape index (κ1) is 13.3. The lowest BCUT2D eigenvalue weighted by Crippen LogP contribution is -1.99. The van der Waals surface area contributed by atoms with Gasteiger partial charge in [0.2, 0.25) is 0 Å². The van der Waals surface area contributed by atoms with E-state index in [-0.39, 0.29) is 5.02 Å². The molecule has 20 heavy (non-hydrogen) atoms. The van der Waals surface area contributed by atoms with Gasteiger partial charge in [-0.25, -0.2) is 4.39 Å². The van der Waals surface area contributed by atoms with Crippen LogP contribution in [-0.2, 0) is 6.54 Å². The summed E-state index contributed by atoms with van der Waals surface area (Å²) in [6, 6.07) is 11.2. The maximum Gasteiger partial charge on any atom is 0.178 e. The van der Waals surface area contributed by atoms with E-state index in [1.54, 1.807) is 6.07 Å². The van der Waals surface area contributed by atoms with Gasteiger partial charge >= 0.3 is 0 Å². The van der Waals surface area contributed by atoms with Crippen LogP contribution in [0.15, 0.2) is 36.4 Å². The number of rotatable bonds is 2. The van der Waals surface area contributed by atoms with Gasteiger partial charge in [-0.05, 0) is 30.8 Å². The number of fused-ring (bicyclic) bond motifs is 1. The van der Waals surface area contributed by atoms with Crippen LogP contribution in [0.3, 0.4) is 0 Å². The molecule has 0 amide bonds. The number of aryl methyl sites for hydroxylation is 1. The summed E-state index contributed by atoms with van der Waals surface area (Å²) in [6.07, 6.45) is 0. The summed E-state index contributed by atoms with van der Waals surface area (Å²) in [6.45, 7) is 2.67. The van der Waals surface area contributed by atoms with Crippen LogP contribution in [0.25, 0.3) is 11.0 Å². The summed E-state index contributed by atoms with van der Waals surface area (Å²) in [5.74, 6) is -0.446. The quantitative estimate of drug-likeness (QED) is 0.671. The van der Waals surface area contributed by atoms with Crippen molar-refractivity contribution in [2.24, 2.45) is 0 Å². The van der Waals surface area contributed by atoms with Crippen LogP contribution in [0.2, 0.25) is 5.02 Å². The minimum atomic E-state index is -0.446. The molecule has 0 unspecified atom stereocenters. The second kappa shape index (κ2) is 5.04. The Morgan fingerprint density at radius 2 is 1.95 bits per heavy atom. The molecule has 0 aliphatic carbocycles. The third-order valence-corrected chi connectivity index (χ3v) is 3.89. The van der Waals surface area contributed by atoms with E-state index >= 15 is 0 Å². The van der Waals surface area contributed by atoms with Crippen molar-refractivity contribution in [2.75, 3.05) is 0 Å². The van der Waals surface area contributed by atoms with Gasteiger partial charge in [-0.15, -0.1) is 0 Å². The molecule has 3 rings (SSSR count). The Morgan fingerprint density at radius 1 is 1.25 bits per heavy atom. The number of imidazole rings is 1. The van der Waals surface area contributed by atoms with E-state index in [1.807, 2.05) is 11.5 Å². The molecule has 1 N–H and O–H groups in total. The Morgan fingerprint density at radius 3 is 2.65 bits per heavy atom. The highest BCUT2D eigenvalue weighted by molar-refractivity contribution is 7.71. The number of aromatic amines is 1. The van der Waals surface area contributed by atoms with Crippen molar-refractivity contribution in [3.8, 4) is 0 Å². The third-order valence-electron chi connectivity index (χ3n) is 3.28. The molecule has 0 atom stereocenters. The molecule has 0 spiro atoms. The average Bonchev–Trinajstić information content (AvgIpc) is 2.69. The molecular formula is C15H12ClFN2S. The van der Waals surface area contributed by atoms with E-state index in [0.29, 0.717) is 16.8 Å². The van der Waals surface area contributed by atoms with Crippen molar-refractivity contribution in [1.29, 1.82) is 0 Å². The Kier molecular flexibility index (Phi) is 3.36. The molecule has 0 aliphatic heterocycles. The number of hydrogen-bond acceptors (Lipinski definition) is 1. The largest absolute Gasteiger partial charge is 0.330 e. The lowest BCUT2D eigenvalue weighted by Gasteiger charge is -2.06. The summed E-state index contributed by atoms with van der Waals surface area (Å²) in [5, 5.41) is 0.101. The predicted molar refractivity (Wildman–Crippen MR) is 82.4 cm³/mol. The maximum atomic E-state index is 13.5. The standard InChI is InChI=1S/C15H12ClFN2S/c1-9-2-4-10(5-3-9)8-19-14-6-11(16)12(17)7-13(14)18-15(19)20/h2-7H,8H2,1H3,(H,18,20). The molecule has 1 aromatic heterocycles. The Bertz CT molecular complexity index is 833. The van der Waals surface area contributed by atoms with Gasteiger partial charge in [0.15, 0.2) is 4.77 Å². The van der Waals surface area contributed by atoms with Gasteiger partial charge in [0, 0.05) is 6.07 Å². The molecule has 5 heteroatoms. The van der Waals surface area contributed by atoms with Crippen LogP contribution in [0.4, 0.5) is 4.39 Å². The highest BCUT2D eigenvalue weighted by atomic mass is 35.5. The van der Waals surface area contributed by atoms with Crippen LogP contribution in [0.1, 0.15) is 11.1 Å². The molecule has 0 saturated heterocycles. The average molecular weight is 307 g/mol. The second-order valence-electron chi connectivity index (χ2n) is 4.79. The molecule has 0 aliphatic rings. The van der Waals surface area contributed by atoms with Gasteiger partial charge in [-0.3, -0.25) is 0 Å². The van der Waals surface area contributed by atoms with Crippen molar-refractivity contribution in [3.05, 3.63) is 63.1 Å². The molecule has 1 heterocycles. The fraction of sp³-hybridized carbons (Fsp3) is 0.133. The SMILES string of the molecule is Cc1ccc(Cn2c(=S)[nH]c3cc(F)c(Cl)cc32)cc1. The van der Waals surface area contributed by atoms with E-state index < -0.39 is 5.82 Å². The van der Waals surface area contributed by atoms with Gasteiger partial charge in [0.25, 0.3) is 0 Å². The molecule has 0 radical (unpaired) electrons. The fourth-order valence-corrected chi connectivity index (χ4v) is 2.62. The zero-order chi connectivity index (χ0) is 14.3.